The number of aromatic nitrogens is 1. The molecule has 1 aliphatic heterocycles. The summed E-state index contributed by atoms with van der Waals surface area (Å²) >= 11 is 0. The van der Waals surface area contributed by atoms with Crippen LogP contribution in [-0.2, 0) is 13.0 Å². The first-order valence-corrected chi connectivity index (χ1v) is 8.46. The predicted molar refractivity (Wildman–Crippen MR) is 93.1 cm³/mol. The predicted octanol–water partition coefficient (Wildman–Crippen LogP) is 3.83. The number of hydrogen-bond donors (Lipinski definition) is 1. The molecular formula is C20H16F2N2O3. The first-order valence-electron chi connectivity index (χ1n) is 8.46. The molecule has 4 rings (SSSR count). The van der Waals surface area contributed by atoms with Crippen molar-refractivity contribution in [1.82, 2.24) is 10.1 Å². The van der Waals surface area contributed by atoms with Gasteiger partial charge in [0.05, 0.1) is 6.54 Å². The number of benzene rings is 2. The lowest BCUT2D eigenvalue weighted by Crippen LogP contribution is -2.36. The minimum Gasteiger partial charge on any atom is -0.508 e. The summed E-state index contributed by atoms with van der Waals surface area (Å²) in [5.74, 6) is -1.43. The number of phenolic OH excluding ortho intramolecular Hbond substituents is 1. The van der Waals surface area contributed by atoms with Gasteiger partial charge in [-0.05, 0) is 37.3 Å². The second-order valence-corrected chi connectivity index (χ2v) is 6.49. The van der Waals surface area contributed by atoms with Crippen LogP contribution in [0.4, 0.5) is 8.78 Å². The molecule has 7 heteroatoms. The zero-order valence-corrected chi connectivity index (χ0v) is 14.5. The standard InChI is InChI=1S/C20H16F2N2O3/c1-11-13(3-2-4-17(11)25)20(26)24-8-7-18-14(10-24)19(23-27-18)12-5-6-15(21)16(22)9-12/h2-6,9,25H,7-8,10H2,1H3. The monoisotopic (exact) mass is 370 g/mol. The summed E-state index contributed by atoms with van der Waals surface area (Å²) in [4.78, 5) is 14.5. The summed E-state index contributed by atoms with van der Waals surface area (Å²) in [6.45, 7) is 2.36. The van der Waals surface area contributed by atoms with E-state index in [1.807, 2.05) is 0 Å². The minimum atomic E-state index is -0.969. The van der Waals surface area contributed by atoms with Crippen LogP contribution in [0.2, 0.25) is 0 Å². The van der Waals surface area contributed by atoms with Crippen molar-refractivity contribution in [3.63, 3.8) is 0 Å². The van der Waals surface area contributed by atoms with Gasteiger partial charge in [0.2, 0.25) is 0 Å². The van der Waals surface area contributed by atoms with Crippen LogP contribution in [0.3, 0.4) is 0 Å². The van der Waals surface area contributed by atoms with Gasteiger partial charge < -0.3 is 14.5 Å². The maximum atomic E-state index is 13.6. The molecule has 1 N–H and O–H groups in total. The lowest BCUT2D eigenvalue weighted by molar-refractivity contribution is 0.0728. The highest BCUT2D eigenvalue weighted by Crippen LogP contribution is 2.32. The van der Waals surface area contributed by atoms with Crippen LogP contribution in [0.5, 0.6) is 5.75 Å². The Morgan fingerprint density at radius 3 is 2.81 bits per heavy atom. The van der Waals surface area contributed by atoms with Crippen molar-refractivity contribution in [2.45, 2.75) is 19.9 Å². The van der Waals surface area contributed by atoms with Crippen molar-refractivity contribution in [1.29, 1.82) is 0 Å². The van der Waals surface area contributed by atoms with E-state index in [0.717, 1.165) is 12.1 Å². The zero-order valence-electron chi connectivity index (χ0n) is 14.5. The van der Waals surface area contributed by atoms with Gasteiger partial charge >= 0.3 is 0 Å². The molecule has 1 amide bonds. The Hall–Kier alpha value is -3.22. The number of carbonyl (C=O) groups is 1. The molecule has 0 atom stereocenters. The Kier molecular flexibility index (Phi) is 4.14. The fourth-order valence-corrected chi connectivity index (χ4v) is 3.28. The number of fused-ring (bicyclic) bond motifs is 1. The number of amides is 1. The fraction of sp³-hybridized carbons (Fsp3) is 0.200. The van der Waals surface area contributed by atoms with Gasteiger partial charge in [-0.25, -0.2) is 8.78 Å². The van der Waals surface area contributed by atoms with E-state index in [-0.39, 0.29) is 18.2 Å². The highest BCUT2D eigenvalue weighted by atomic mass is 19.2. The smallest absolute Gasteiger partial charge is 0.254 e. The van der Waals surface area contributed by atoms with Gasteiger partial charge in [0.15, 0.2) is 11.6 Å². The summed E-state index contributed by atoms with van der Waals surface area (Å²) in [6.07, 6.45) is 0.468. The number of hydrogen-bond acceptors (Lipinski definition) is 4. The first-order chi connectivity index (χ1) is 13.0. The van der Waals surface area contributed by atoms with Crippen LogP contribution in [0, 0.1) is 18.6 Å². The Morgan fingerprint density at radius 2 is 2.04 bits per heavy atom. The number of rotatable bonds is 2. The number of aromatic hydroxyl groups is 1. The van der Waals surface area contributed by atoms with Gasteiger partial charge in [0.1, 0.15) is 17.2 Å². The molecule has 138 valence electrons. The van der Waals surface area contributed by atoms with Crippen LogP contribution < -0.4 is 0 Å². The van der Waals surface area contributed by atoms with E-state index in [9.17, 15) is 18.7 Å². The Balaban J connectivity index is 1.67. The molecule has 2 heterocycles. The second kappa shape index (κ2) is 6.50. The lowest BCUT2D eigenvalue weighted by atomic mass is 9.99. The number of halogens is 2. The Morgan fingerprint density at radius 1 is 1.22 bits per heavy atom. The lowest BCUT2D eigenvalue weighted by Gasteiger charge is -2.27. The van der Waals surface area contributed by atoms with Crippen molar-refractivity contribution in [3.8, 4) is 17.0 Å². The molecule has 0 spiro atoms. The normalized spacial score (nSPS) is 13.5. The van der Waals surface area contributed by atoms with Gasteiger partial charge in [-0.3, -0.25) is 4.79 Å². The average molecular weight is 370 g/mol. The molecule has 1 aliphatic rings. The molecule has 1 aromatic heterocycles. The highest BCUT2D eigenvalue weighted by molar-refractivity contribution is 5.96. The number of phenols is 1. The fourth-order valence-electron chi connectivity index (χ4n) is 3.28. The van der Waals surface area contributed by atoms with Crippen LogP contribution in [0.25, 0.3) is 11.3 Å². The molecule has 0 fully saturated rings. The molecule has 0 saturated heterocycles. The van der Waals surface area contributed by atoms with Gasteiger partial charge in [0, 0.05) is 35.2 Å². The molecule has 27 heavy (non-hydrogen) atoms. The first kappa shape index (κ1) is 17.2. The molecule has 5 nitrogen and oxygen atoms in total. The topological polar surface area (TPSA) is 66.6 Å². The largest absolute Gasteiger partial charge is 0.508 e. The van der Waals surface area contributed by atoms with Crippen LogP contribution in [0.15, 0.2) is 40.9 Å². The third-order valence-electron chi connectivity index (χ3n) is 4.84. The second-order valence-electron chi connectivity index (χ2n) is 6.49. The molecule has 0 unspecified atom stereocenters. The molecule has 0 radical (unpaired) electrons. The Labute approximate surface area is 153 Å². The van der Waals surface area contributed by atoms with Gasteiger partial charge in [-0.15, -0.1) is 0 Å². The zero-order chi connectivity index (χ0) is 19.1. The maximum absolute atomic E-state index is 13.6. The van der Waals surface area contributed by atoms with E-state index in [2.05, 4.69) is 5.16 Å². The van der Waals surface area contributed by atoms with E-state index in [1.54, 1.807) is 24.0 Å². The summed E-state index contributed by atoms with van der Waals surface area (Å²) in [7, 11) is 0. The molecule has 3 aromatic rings. The average Bonchev–Trinajstić information content (AvgIpc) is 3.09. The van der Waals surface area contributed by atoms with Crippen molar-refractivity contribution in [3.05, 3.63) is 70.5 Å². The molecule has 2 aromatic carbocycles. The van der Waals surface area contributed by atoms with Crippen molar-refractivity contribution in [2.75, 3.05) is 6.54 Å². The van der Waals surface area contributed by atoms with E-state index >= 15 is 0 Å². The third kappa shape index (κ3) is 2.95. The summed E-state index contributed by atoms with van der Waals surface area (Å²) < 4.78 is 32.1. The summed E-state index contributed by atoms with van der Waals surface area (Å²) in [6, 6.07) is 8.34. The minimum absolute atomic E-state index is 0.0611. The summed E-state index contributed by atoms with van der Waals surface area (Å²) in [5, 5.41) is 13.8. The molecule has 0 aliphatic carbocycles. The van der Waals surface area contributed by atoms with Crippen LogP contribution >= 0.6 is 0 Å². The van der Waals surface area contributed by atoms with E-state index in [1.165, 1.54) is 12.1 Å². The van der Waals surface area contributed by atoms with E-state index in [0.29, 0.717) is 46.7 Å². The third-order valence-corrected chi connectivity index (χ3v) is 4.84. The highest BCUT2D eigenvalue weighted by Gasteiger charge is 2.29. The van der Waals surface area contributed by atoms with E-state index in [4.69, 9.17) is 4.52 Å². The van der Waals surface area contributed by atoms with Gasteiger partial charge in [-0.2, -0.15) is 0 Å². The van der Waals surface area contributed by atoms with Gasteiger partial charge in [0.25, 0.3) is 5.91 Å². The maximum Gasteiger partial charge on any atom is 0.254 e. The van der Waals surface area contributed by atoms with Crippen molar-refractivity contribution >= 4 is 5.91 Å². The summed E-state index contributed by atoms with van der Waals surface area (Å²) in [5.41, 5.74) is 2.40. The molecule has 0 saturated carbocycles. The van der Waals surface area contributed by atoms with E-state index < -0.39 is 11.6 Å². The van der Waals surface area contributed by atoms with Crippen LogP contribution in [-0.4, -0.2) is 27.6 Å². The van der Waals surface area contributed by atoms with Crippen LogP contribution in [0.1, 0.15) is 27.2 Å². The molecular weight excluding hydrogens is 354 g/mol. The Bertz CT molecular complexity index is 1050. The quantitative estimate of drug-likeness (QED) is 0.745. The van der Waals surface area contributed by atoms with Crippen molar-refractivity contribution in [2.24, 2.45) is 0 Å². The number of carbonyl (C=O) groups excluding carboxylic acids is 1. The van der Waals surface area contributed by atoms with Crippen molar-refractivity contribution < 1.29 is 23.2 Å². The van der Waals surface area contributed by atoms with Gasteiger partial charge in [-0.1, -0.05) is 11.2 Å². The number of nitrogens with zero attached hydrogens (tertiary/aromatic N) is 2. The molecule has 0 bridgehead atoms. The SMILES string of the molecule is Cc1c(O)cccc1C(=O)N1CCc2onc(-c3ccc(F)c(F)c3)c2C1.